The van der Waals surface area contributed by atoms with Crippen molar-refractivity contribution in [1.82, 2.24) is 9.97 Å². The van der Waals surface area contributed by atoms with E-state index in [0.717, 1.165) is 0 Å². The smallest absolute Gasteiger partial charge is 0.215 e. The van der Waals surface area contributed by atoms with Gasteiger partial charge in [0.05, 0.1) is 16.5 Å². The third kappa shape index (κ3) is 2.44. The highest BCUT2D eigenvalue weighted by Gasteiger charge is 2.28. The Morgan fingerprint density at radius 2 is 2.17 bits per heavy atom. The first-order chi connectivity index (χ1) is 8.65. The van der Waals surface area contributed by atoms with Crippen LogP contribution in [0.4, 0.5) is 13.2 Å². The number of thiazole rings is 1. The molecule has 8 heteroatoms. The summed E-state index contributed by atoms with van der Waals surface area (Å²) in [5, 5.41) is -0.129. The maximum Gasteiger partial charge on any atom is 0.215 e. The molecule has 3 unspecified atom stereocenters. The van der Waals surface area contributed by atoms with Crippen molar-refractivity contribution in [3.05, 3.63) is 30.2 Å². The minimum atomic E-state index is -2.38. The van der Waals surface area contributed by atoms with Gasteiger partial charge in [-0.2, -0.15) is 0 Å². The van der Waals surface area contributed by atoms with E-state index in [1.165, 1.54) is 23.0 Å². The van der Waals surface area contributed by atoms with E-state index in [1.54, 1.807) is 6.07 Å². The molecule has 0 bridgehead atoms. The molecule has 2 rings (SSSR count). The molecule has 0 saturated heterocycles. The molecule has 0 aromatic carbocycles. The van der Waals surface area contributed by atoms with E-state index in [9.17, 15) is 17.4 Å². The summed E-state index contributed by atoms with van der Waals surface area (Å²) in [6.45, 7) is 0. The third-order valence-corrected chi connectivity index (χ3v) is 4.26. The normalized spacial score (nSPS) is 17.1. The average molecular weight is 292 g/mol. The Kier molecular flexibility index (Phi) is 4.07. The van der Waals surface area contributed by atoms with Gasteiger partial charge in [0.1, 0.15) is 16.3 Å². The fourth-order valence-electron chi connectivity index (χ4n) is 1.30. The molecule has 0 radical (unpaired) electrons. The Morgan fingerprint density at radius 3 is 2.89 bits per heavy atom. The van der Waals surface area contributed by atoms with Crippen LogP contribution in [-0.4, -0.2) is 25.9 Å². The summed E-state index contributed by atoms with van der Waals surface area (Å²) in [7, 11) is -2.34. The van der Waals surface area contributed by atoms with Gasteiger partial charge in [-0.25, -0.2) is 27.3 Å². The van der Waals surface area contributed by atoms with Gasteiger partial charge in [-0.05, 0) is 12.1 Å². The number of nitrogens with zero attached hydrogens (tertiary/aromatic N) is 2. The SMILES string of the molecule is O=S(c1nccc2scnc12)C(F)C(F)C=CF. The lowest BCUT2D eigenvalue weighted by Gasteiger charge is -2.09. The van der Waals surface area contributed by atoms with Crippen LogP contribution in [0.15, 0.2) is 35.2 Å². The molecule has 18 heavy (non-hydrogen) atoms. The number of fused-ring (bicyclic) bond motifs is 1. The summed E-state index contributed by atoms with van der Waals surface area (Å²) in [6.07, 6.45) is -0.695. The van der Waals surface area contributed by atoms with Crippen molar-refractivity contribution in [2.45, 2.75) is 16.7 Å². The van der Waals surface area contributed by atoms with Gasteiger partial charge in [-0.15, -0.1) is 11.3 Å². The minimum absolute atomic E-state index is 0.120. The summed E-state index contributed by atoms with van der Waals surface area (Å²) in [5.74, 6) is 0. The van der Waals surface area contributed by atoms with Gasteiger partial charge < -0.3 is 0 Å². The van der Waals surface area contributed by atoms with Gasteiger partial charge in [0.15, 0.2) is 11.2 Å². The molecule has 0 fully saturated rings. The summed E-state index contributed by atoms with van der Waals surface area (Å²) in [5.41, 5.74) is -0.606. The molecule has 2 heterocycles. The van der Waals surface area contributed by atoms with Gasteiger partial charge >= 0.3 is 0 Å². The molecule has 2 aromatic rings. The quantitative estimate of drug-likeness (QED) is 0.870. The van der Waals surface area contributed by atoms with Crippen LogP contribution < -0.4 is 0 Å². The molecule has 0 saturated carbocycles. The number of rotatable bonds is 4. The predicted molar refractivity (Wildman–Crippen MR) is 63.9 cm³/mol. The van der Waals surface area contributed by atoms with E-state index in [0.29, 0.717) is 10.8 Å². The zero-order valence-corrected chi connectivity index (χ0v) is 10.4. The summed E-state index contributed by atoms with van der Waals surface area (Å²) < 4.78 is 50.9. The molecule has 3 nitrogen and oxygen atoms in total. The molecule has 0 aliphatic heterocycles. The second-order valence-corrected chi connectivity index (χ2v) is 5.54. The number of hydrogen-bond donors (Lipinski definition) is 0. The molecular weight excluding hydrogens is 285 g/mol. The first kappa shape index (κ1) is 13.2. The fourth-order valence-corrected chi connectivity index (χ4v) is 3.09. The second-order valence-electron chi connectivity index (χ2n) is 3.23. The van der Waals surface area contributed by atoms with Crippen molar-refractivity contribution in [2.75, 3.05) is 0 Å². The Morgan fingerprint density at radius 1 is 1.39 bits per heavy atom. The average Bonchev–Trinajstić information content (AvgIpc) is 2.85. The molecule has 96 valence electrons. The van der Waals surface area contributed by atoms with E-state index in [-0.39, 0.29) is 16.9 Å². The Bertz CT molecular complexity index is 602. The van der Waals surface area contributed by atoms with Gasteiger partial charge in [0, 0.05) is 6.20 Å². The molecular formula is C10H7F3N2OS2. The molecule has 0 aliphatic rings. The lowest BCUT2D eigenvalue weighted by molar-refractivity contribution is 0.274. The lowest BCUT2D eigenvalue weighted by Crippen LogP contribution is -2.21. The van der Waals surface area contributed by atoms with Crippen LogP contribution in [0.2, 0.25) is 0 Å². The van der Waals surface area contributed by atoms with Crippen molar-refractivity contribution in [3.8, 4) is 0 Å². The van der Waals surface area contributed by atoms with Crippen molar-refractivity contribution < 1.29 is 17.4 Å². The number of alkyl halides is 2. The first-order valence-electron chi connectivity index (χ1n) is 4.79. The Labute approximate surface area is 107 Å². The van der Waals surface area contributed by atoms with Gasteiger partial charge in [-0.3, -0.25) is 0 Å². The first-order valence-corrected chi connectivity index (χ1v) is 6.88. The molecule has 0 spiro atoms. The van der Waals surface area contributed by atoms with Crippen molar-refractivity contribution in [3.63, 3.8) is 0 Å². The number of halogens is 3. The topological polar surface area (TPSA) is 42.9 Å². The van der Waals surface area contributed by atoms with Crippen molar-refractivity contribution >= 4 is 32.4 Å². The monoisotopic (exact) mass is 292 g/mol. The van der Waals surface area contributed by atoms with E-state index in [1.807, 2.05) is 0 Å². The van der Waals surface area contributed by atoms with Gasteiger partial charge in [-0.1, -0.05) is 0 Å². The zero-order chi connectivity index (χ0) is 13.1. The van der Waals surface area contributed by atoms with E-state index in [2.05, 4.69) is 9.97 Å². The van der Waals surface area contributed by atoms with Crippen molar-refractivity contribution in [2.24, 2.45) is 0 Å². The number of aromatic nitrogens is 2. The molecule has 3 atom stereocenters. The van der Waals surface area contributed by atoms with Gasteiger partial charge in [0.2, 0.25) is 5.50 Å². The molecule has 2 aromatic heterocycles. The minimum Gasteiger partial charge on any atom is -0.249 e. The van der Waals surface area contributed by atoms with Crippen LogP contribution >= 0.6 is 11.3 Å². The van der Waals surface area contributed by atoms with Crippen LogP contribution in [0, 0.1) is 0 Å². The van der Waals surface area contributed by atoms with E-state index in [4.69, 9.17) is 0 Å². The van der Waals surface area contributed by atoms with Crippen LogP contribution in [0.3, 0.4) is 0 Å². The van der Waals surface area contributed by atoms with Crippen LogP contribution in [0.1, 0.15) is 0 Å². The standard InChI is InChI=1S/C10H7F3N2OS2/c11-3-1-6(12)9(13)18(16)10-8-7(2-4-14-10)17-5-15-8/h1-6,9H. The van der Waals surface area contributed by atoms with E-state index < -0.39 is 22.5 Å². The molecule has 0 aliphatic carbocycles. The second kappa shape index (κ2) is 5.57. The lowest BCUT2D eigenvalue weighted by atomic mass is 10.4. The Hall–Kier alpha value is -1.28. The van der Waals surface area contributed by atoms with Crippen LogP contribution in [0.5, 0.6) is 0 Å². The van der Waals surface area contributed by atoms with Crippen LogP contribution in [-0.2, 0) is 10.8 Å². The number of hydrogen-bond acceptors (Lipinski definition) is 4. The maximum absolute atomic E-state index is 13.5. The molecule has 0 amide bonds. The van der Waals surface area contributed by atoms with Crippen molar-refractivity contribution in [1.29, 1.82) is 0 Å². The summed E-state index contributed by atoms with van der Waals surface area (Å²) >= 11 is 1.27. The van der Waals surface area contributed by atoms with Crippen LogP contribution in [0.25, 0.3) is 10.2 Å². The Balaban J connectivity index is 2.36. The largest absolute Gasteiger partial charge is 0.249 e. The predicted octanol–water partition coefficient (Wildman–Crippen LogP) is 2.92. The maximum atomic E-state index is 13.5. The highest BCUT2D eigenvalue weighted by Crippen LogP contribution is 2.25. The van der Waals surface area contributed by atoms with E-state index >= 15 is 0 Å². The highest BCUT2D eigenvalue weighted by atomic mass is 32.2. The summed E-state index contributed by atoms with van der Waals surface area (Å²) in [4.78, 5) is 7.67. The zero-order valence-electron chi connectivity index (χ0n) is 8.79. The fraction of sp³-hybridized carbons (Fsp3) is 0.200. The number of pyridine rings is 1. The molecule has 0 N–H and O–H groups in total. The highest BCUT2D eigenvalue weighted by molar-refractivity contribution is 7.85. The third-order valence-electron chi connectivity index (χ3n) is 2.12. The number of allylic oxidation sites excluding steroid dienone is 1. The summed E-state index contributed by atoms with van der Waals surface area (Å²) in [6, 6.07) is 1.63. The van der Waals surface area contributed by atoms with Gasteiger partial charge in [0.25, 0.3) is 0 Å².